The van der Waals surface area contributed by atoms with E-state index >= 15 is 0 Å². The largest absolute Gasteiger partial charge is 0.367 e. The molecule has 2 amide bonds. The highest BCUT2D eigenvalue weighted by Crippen LogP contribution is 2.31. The summed E-state index contributed by atoms with van der Waals surface area (Å²) in [5.41, 5.74) is 2.66. The molecule has 0 saturated carbocycles. The van der Waals surface area contributed by atoms with Gasteiger partial charge in [-0.1, -0.05) is 18.2 Å². The molecule has 1 aromatic rings. The molecule has 5 nitrogen and oxygen atoms in total. The van der Waals surface area contributed by atoms with Crippen molar-refractivity contribution in [1.29, 1.82) is 0 Å². The molecule has 2 aliphatic heterocycles. The number of nitrogens with zero attached hydrogens (tertiary/aromatic N) is 2. The molecule has 1 N–H and O–H groups in total. The SMILES string of the molecule is C[C@@H]1Cc2ccccc2N1CCNC(=O)[C@H]1CC(=O)N(C)C1. The van der Waals surface area contributed by atoms with E-state index in [1.165, 1.54) is 11.3 Å². The van der Waals surface area contributed by atoms with Gasteiger partial charge in [0.05, 0.1) is 5.92 Å². The first-order valence-electron chi connectivity index (χ1n) is 7.92. The Hall–Kier alpha value is -2.04. The molecule has 0 aliphatic carbocycles. The van der Waals surface area contributed by atoms with E-state index in [1.807, 2.05) is 0 Å². The fourth-order valence-corrected chi connectivity index (χ4v) is 3.45. The monoisotopic (exact) mass is 301 g/mol. The van der Waals surface area contributed by atoms with Crippen LogP contribution in [0.15, 0.2) is 24.3 Å². The van der Waals surface area contributed by atoms with Gasteiger partial charge in [-0.3, -0.25) is 9.59 Å². The van der Waals surface area contributed by atoms with E-state index in [0.29, 0.717) is 25.6 Å². The van der Waals surface area contributed by atoms with Gasteiger partial charge in [0.2, 0.25) is 11.8 Å². The van der Waals surface area contributed by atoms with Gasteiger partial charge >= 0.3 is 0 Å². The first-order chi connectivity index (χ1) is 10.6. The van der Waals surface area contributed by atoms with Crippen LogP contribution in [-0.4, -0.2) is 49.4 Å². The maximum absolute atomic E-state index is 12.1. The molecule has 5 heteroatoms. The summed E-state index contributed by atoms with van der Waals surface area (Å²) in [6, 6.07) is 8.91. The lowest BCUT2D eigenvalue weighted by Crippen LogP contribution is -2.40. The number of benzene rings is 1. The van der Waals surface area contributed by atoms with Crippen molar-refractivity contribution in [2.75, 3.05) is 31.6 Å². The Morgan fingerprint density at radius 2 is 2.09 bits per heavy atom. The van der Waals surface area contributed by atoms with E-state index in [4.69, 9.17) is 0 Å². The summed E-state index contributed by atoms with van der Waals surface area (Å²) < 4.78 is 0. The lowest BCUT2D eigenvalue weighted by molar-refractivity contribution is -0.128. The Morgan fingerprint density at radius 3 is 2.82 bits per heavy atom. The minimum atomic E-state index is -0.194. The van der Waals surface area contributed by atoms with Crippen LogP contribution in [0.2, 0.25) is 0 Å². The molecule has 0 unspecified atom stereocenters. The van der Waals surface area contributed by atoms with Crippen LogP contribution in [0, 0.1) is 5.92 Å². The quantitative estimate of drug-likeness (QED) is 0.904. The summed E-state index contributed by atoms with van der Waals surface area (Å²) in [4.78, 5) is 27.6. The van der Waals surface area contributed by atoms with E-state index in [9.17, 15) is 9.59 Å². The minimum Gasteiger partial charge on any atom is -0.367 e. The molecule has 0 spiro atoms. The molecule has 1 aromatic carbocycles. The van der Waals surface area contributed by atoms with Crippen molar-refractivity contribution < 1.29 is 9.59 Å². The zero-order valence-electron chi connectivity index (χ0n) is 13.2. The molecular formula is C17H23N3O2. The molecule has 2 heterocycles. The van der Waals surface area contributed by atoms with Gasteiger partial charge in [-0.2, -0.15) is 0 Å². The molecule has 118 valence electrons. The van der Waals surface area contributed by atoms with Gasteiger partial charge in [0, 0.05) is 44.8 Å². The van der Waals surface area contributed by atoms with E-state index in [2.05, 4.69) is 41.4 Å². The van der Waals surface area contributed by atoms with E-state index in [0.717, 1.165) is 13.0 Å². The Kier molecular flexibility index (Phi) is 4.05. The molecular weight excluding hydrogens is 278 g/mol. The average Bonchev–Trinajstić information content (AvgIpc) is 2.99. The number of hydrogen-bond acceptors (Lipinski definition) is 3. The normalized spacial score (nSPS) is 23.8. The molecule has 0 bridgehead atoms. The highest BCUT2D eigenvalue weighted by atomic mass is 16.2. The van der Waals surface area contributed by atoms with Crippen molar-refractivity contribution in [2.24, 2.45) is 5.92 Å². The predicted molar refractivity (Wildman–Crippen MR) is 85.7 cm³/mol. The number of carbonyl (C=O) groups excluding carboxylic acids is 2. The third-order valence-electron chi connectivity index (χ3n) is 4.71. The molecule has 3 rings (SSSR count). The van der Waals surface area contributed by atoms with E-state index < -0.39 is 0 Å². The molecule has 1 saturated heterocycles. The molecule has 2 aliphatic rings. The van der Waals surface area contributed by atoms with Crippen LogP contribution in [0.5, 0.6) is 0 Å². The number of anilines is 1. The topological polar surface area (TPSA) is 52.7 Å². The summed E-state index contributed by atoms with van der Waals surface area (Å²) in [5.74, 6) is -0.138. The van der Waals surface area contributed by atoms with Crippen LogP contribution in [0.25, 0.3) is 0 Å². The summed E-state index contributed by atoms with van der Waals surface area (Å²) >= 11 is 0. The number of amides is 2. The lowest BCUT2D eigenvalue weighted by atomic mass is 10.1. The van der Waals surface area contributed by atoms with Gasteiger partial charge in [0.1, 0.15) is 0 Å². The third kappa shape index (κ3) is 2.80. The highest BCUT2D eigenvalue weighted by molar-refractivity contribution is 5.89. The van der Waals surface area contributed by atoms with E-state index in [-0.39, 0.29) is 17.7 Å². The maximum atomic E-state index is 12.1. The van der Waals surface area contributed by atoms with Crippen LogP contribution < -0.4 is 10.2 Å². The predicted octanol–water partition coefficient (Wildman–Crippen LogP) is 1.03. The van der Waals surface area contributed by atoms with E-state index in [1.54, 1.807) is 11.9 Å². The summed E-state index contributed by atoms with van der Waals surface area (Å²) in [7, 11) is 1.75. The number of fused-ring (bicyclic) bond motifs is 1. The van der Waals surface area contributed by atoms with Gasteiger partial charge in [0.15, 0.2) is 0 Å². The number of likely N-dealkylation sites (tertiary alicyclic amines) is 1. The van der Waals surface area contributed by atoms with Gasteiger partial charge in [-0.15, -0.1) is 0 Å². The van der Waals surface area contributed by atoms with Gasteiger partial charge in [-0.05, 0) is 25.0 Å². The van der Waals surface area contributed by atoms with Crippen molar-refractivity contribution in [1.82, 2.24) is 10.2 Å². The lowest BCUT2D eigenvalue weighted by Gasteiger charge is -2.25. The Balaban J connectivity index is 1.51. The Bertz CT molecular complexity index is 587. The Labute approximate surface area is 131 Å². The summed E-state index contributed by atoms with van der Waals surface area (Å²) in [6.07, 6.45) is 1.40. The number of carbonyl (C=O) groups is 2. The first kappa shape index (κ1) is 14.9. The van der Waals surface area contributed by atoms with Crippen molar-refractivity contribution in [2.45, 2.75) is 25.8 Å². The third-order valence-corrected chi connectivity index (χ3v) is 4.71. The number of para-hydroxylation sites is 1. The van der Waals surface area contributed by atoms with Gasteiger partial charge in [0.25, 0.3) is 0 Å². The molecule has 22 heavy (non-hydrogen) atoms. The molecule has 2 atom stereocenters. The van der Waals surface area contributed by atoms with Crippen molar-refractivity contribution in [3.05, 3.63) is 29.8 Å². The van der Waals surface area contributed by atoms with Crippen molar-refractivity contribution in [3.63, 3.8) is 0 Å². The molecule has 0 aromatic heterocycles. The second-order valence-electron chi connectivity index (χ2n) is 6.34. The summed E-state index contributed by atoms with van der Waals surface area (Å²) in [5, 5.41) is 2.98. The van der Waals surface area contributed by atoms with Gasteiger partial charge in [-0.25, -0.2) is 0 Å². The van der Waals surface area contributed by atoms with Crippen LogP contribution in [0.1, 0.15) is 18.9 Å². The molecule has 1 fully saturated rings. The van der Waals surface area contributed by atoms with Crippen molar-refractivity contribution >= 4 is 17.5 Å². The van der Waals surface area contributed by atoms with Crippen LogP contribution in [-0.2, 0) is 16.0 Å². The number of hydrogen-bond donors (Lipinski definition) is 1. The standard InChI is InChI=1S/C17H23N3O2/c1-12-9-13-5-3-4-6-15(13)20(12)8-7-18-17(22)14-10-16(21)19(2)11-14/h3-6,12,14H,7-11H2,1-2H3,(H,18,22)/t12-,14+/m1/s1. The van der Waals surface area contributed by atoms with Gasteiger partial charge < -0.3 is 15.1 Å². The zero-order valence-corrected chi connectivity index (χ0v) is 13.2. The number of rotatable bonds is 4. The summed E-state index contributed by atoms with van der Waals surface area (Å²) in [6.45, 7) is 4.17. The average molecular weight is 301 g/mol. The zero-order chi connectivity index (χ0) is 15.7. The highest BCUT2D eigenvalue weighted by Gasteiger charge is 2.32. The van der Waals surface area contributed by atoms with Crippen LogP contribution >= 0.6 is 0 Å². The van der Waals surface area contributed by atoms with Crippen LogP contribution in [0.4, 0.5) is 5.69 Å². The Morgan fingerprint density at radius 1 is 1.32 bits per heavy atom. The fraction of sp³-hybridized carbons (Fsp3) is 0.529. The second-order valence-corrected chi connectivity index (χ2v) is 6.34. The smallest absolute Gasteiger partial charge is 0.225 e. The van der Waals surface area contributed by atoms with Crippen LogP contribution in [0.3, 0.4) is 0 Å². The maximum Gasteiger partial charge on any atom is 0.225 e. The minimum absolute atomic E-state index is 0.00200. The second kappa shape index (κ2) is 5.99. The number of nitrogens with one attached hydrogen (secondary N) is 1. The first-order valence-corrected chi connectivity index (χ1v) is 7.92. The van der Waals surface area contributed by atoms with Crippen molar-refractivity contribution in [3.8, 4) is 0 Å². The molecule has 0 radical (unpaired) electrons. The fourth-order valence-electron chi connectivity index (χ4n) is 3.45.